The van der Waals surface area contributed by atoms with Gasteiger partial charge < -0.3 is 9.84 Å². The molecule has 0 fully saturated rings. The summed E-state index contributed by atoms with van der Waals surface area (Å²) in [4.78, 5) is 0. The molecule has 0 atom stereocenters. The molecule has 1 aromatic carbocycles. The van der Waals surface area contributed by atoms with Crippen molar-refractivity contribution in [1.82, 2.24) is 0 Å². The molecular formula is C11H16O2. The number of aryl methyl sites for hydroxylation is 2. The molecule has 0 spiro atoms. The van der Waals surface area contributed by atoms with Crippen molar-refractivity contribution in [3.05, 3.63) is 28.8 Å². The van der Waals surface area contributed by atoms with E-state index < -0.39 is 0 Å². The van der Waals surface area contributed by atoms with Crippen LogP contribution in [0.5, 0.6) is 5.75 Å². The second kappa shape index (κ2) is 4.28. The fourth-order valence-corrected chi connectivity index (χ4v) is 1.64. The molecule has 2 nitrogen and oxygen atoms in total. The quantitative estimate of drug-likeness (QED) is 0.769. The lowest BCUT2D eigenvalue weighted by atomic mass is 10.0. The van der Waals surface area contributed by atoms with Crippen LogP contribution in [-0.2, 0) is 6.42 Å². The first-order chi connectivity index (χ1) is 6.19. The van der Waals surface area contributed by atoms with Crippen LogP contribution in [0.15, 0.2) is 12.1 Å². The number of rotatable bonds is 3. The van der Waals surface area contributed by atoms with Gasteiger partial charge in [-0.05, 0) is 31.4 Å². The molecule has 0 unspecified atom stereocenters. The normalized spacial score (nSPS) is 10.2. The molecule has 13 heavy (non-hydrogen) atoms. The third-order valence-corrected chi connectivity index (χ3v) is 2.08. The van der Waals surface area contributed by atoms with E-state index in [9.17, 15) is 0 Å². The summed E-state index contributed by atoms with van der Waals surface area (Å²) in [6.45, 7) is 4.24. The Hall–Kier alpha value is -1.02. The van der Waals surface area contributed by atoms with E-state index in [-0.39, 0.29) is 6.61 Å². The Bertz CT molecular complexity index is 292. The summed E-state index contributed by atoms with van der Waals surface area (Å²) in [5.41, 5.74) is 3.43. The van der Waals surface area contributed by atoms with Crippen LogP contribution in [0.2, 0.25) is 0 Å². The molecule has 0 aliphatic heterocycles. The van der Waals surface area contributed by atoms with E-state index >= 15 is 0 Å². The molecule has 2 heteroatoms. The maximum atomic E-state index is 8.87. The van der Waals surface area contributed by atoms with Crippen molar-refractivity contribution in [3.8, 4) is 5.75 Å². The van der Waals surface area contributed by atoms with Crippen LogP contribution < -0.4 is 4.74 Å². The van der Waals surface area contributed by atoms with Crippen LogP contribution in [0.25, 0.3) is 0 Å². The molecule has 0 amide bonds. The molecule has 72 valence electrons. The summed E-state index contributed by atoms with van der Waals surface area (Å²) in [6, 6.07) is 4.14. The minimum absolute atomic E-state index is 0.166. The molecule has 0 saturated carbocycles. The number of benzene rings is 1. The van der Waals surface area contributed by atoms with Gasteiger partial charge >= 0.3 is 0 Å². The Labute approximate surface area is 79.2 Å². The zero-order valence-corrected chi connectivity index (χ0v) is 8.42. The summed E-state index contributed by atoms with van der Waals surface area (Å²) < 4.78 is 5.27. The molecule has 1 rings (SSSR count). The van der Waals surface area contributed by atoms with Crippen molar-refractivity contribution >= 4 is 0 Å². The summed E-state index contributed by atoms with van der Waals surface area (Å²) >= 11 is 0. The van der Waals surface area contributed by atoms with E-state index in [0.29, 0.717) is 6.42 Å². The van der Waals surface area contributed by atoms with Gasteiger partial charge in [0, 0.05) is 6.61 Å². The maximum absolute atomic E-state index is 8.87. The topological polar surface area (TPSA) is 29.5 Å². The lowest BCUT2D eigenvalue weighted by Gasteiger charge is -2.11. The van der Waals surface area contributed by atoms with Crippen molar-refractivity contribution in [2.24, 2.45) is 0 Å². The van der Waals surface area contributed by atoms with Gasteiger partial charge in [0.05, 0.1) is 7.11 Å². The van der Waals surface area contributed by atoms with Gasteiger partial charge in [-0.3, -0.25) is 0 Å². The molecule has 1 N–H and O–H groups in total. The molecule has 0 saturated heterocycles. The Balaban J connectivity index is 3.13. The standard InChI is InChI=1S/C11H16O2/c1-8-6-9(2)11(13-3)10(7-8)4-5-12/h6-7,12H,4-5H2,1-3H3. The first-order valence-electron chi connectivity index (χ1n) is 4.44. The monoisotopic (exact) mass is 180 g/mol. The summed E-state index contributed by atoms with van der Waals surface area (Å²) in [5.74, 6) is 0.902. The molecule has 0 aliphatic rings. The molecular weight excluding hydrogens is 164 g/mol. The Morgan fingerprint density at radius 2 is 2.00 bits per heavy atom. The van der Waals surface area contributed by atoms with E-state index in [0.717, 1.165) is 16.9 Å². The van der Waals surface area contributed by atoms with Crippen molar-refractivity contribution in [2.75, 3.05) is 13.7 Å². The highest BCUT2D eigenvalue weighted by Crippen LogP contribution is 2.25. The van der Waals surface area contributed by atoms with Gasteiger partial charge in [-0.15, -0.1) is 0 Å². The fourth-order valence-electron chi connectivity index (χ4n) is 1.64. The van der Waals surface area contributed by atoms with E-state index in [1.165, 1.54) is 5.56 Å². The molecule has 0 bridgehead atoms. The lowest BCUT2D eigenvalue weighted by molar-refractivity contribution is 0.296. The summed E-state index contributed by atoms with van der Waals surface area (Å²) in [7, 11) is 1.67. The van der Waals surface area contributed by atoms with E-state index in [1.807, 2.05) is 13.8 Å². The first-order valence-corrected chi connectivity index (χ1v) is 4.44. The Morgan fingerprint density at radius 3 is 2.54 bits per heavy atom. The van der Waals surface area contributed by atoms with E-state index in [2.05, 4.69) is 12.1 Å². The summed E-state index contributed by atoms with van der Waals surface area (Å²) in [5, 5.41) is 8.87. The van der Waals surface area contributed by atoms with Crippen LogP contribution in [0, 0.1) is 13.8 Å². The maximum Gasteiger partial charge on any atom is 0.125 e. The van der Waals surface area contributed by atoms with Gasteiger partial charge in [-0.1, -0.05) is 17.7 Å². The molecule has 1 aromatic rings. The third kappa shape index (κ3) is 2.22. The lowest BCUT2D eigenvalue weighted by Crippen LogP contribution is -1.98. The van der Waals surface area contributed by atoms with Crippen LogP contribution >= 0.6 is 0 Å². The van der Waals surface area contributed by atoms with Gasteiger partial charge in [0.2, 0.25) is 0 Å². The van der Waals surface area contributed by atoms with Gasteiger partial charge in [0.25, 0.3) is 0 Å². The number of aliphatic hydroxyl groups excluding tert-OH is 1. The average Bonchev–Trinajstić information content (AvgIpc) is 2.04. The number of hydrogen-bond acceptors (Lipinski definition) is 2. The van der Waals surface area contributed by atoms with Gasteiger partial charge in [-0.25, -0.2) is 0 Å². The Kier molecular flexibility index (Phi) is 3.32. The zero-order chi connectivity index (χ0) is 9.84. The number of ether oxygens (including phenoxy) is 1. The second-order valence-corrected chi connectivity index (χ2v) is 3.25. The highest BCUT2D eigenvalue weighted by atomic mass is 16.5. The van der Waals surface area contributed by atoms with Crippen LogP contribution in [0.1, 0.15) is 16.7 Å². The minimum Gasteiger partial charge on any atom is -0.496 e. The number of aliphatic hydroxyl groups is 1. The zero-order valence-electron chi connectivity index (χ0n) is 8.42. The third-order valence-electron chi connectivity index (χ3n) is 2.08. The van der Waals surface area contributed by atoms with Crippen molar-refractivity contribution < 1.29 is 9.84 Å². The first kappa shape index (κ1) is 10.1. The second-order valence-electron chi connectivity index (χ2n) is 3.25. The number of hydrogen-bond donors (Lipinski definition) is 1. The van der Waals surface area contributed by atoms with E-state index in [4.69, 9.17) is 9.84 Å². The van der Waals surface area contributed by atoms with E-state index in [1.54, 1.807) is 7.11 Å². The van der Waals surface area contributed by atoms with Crippen LogP contribution in [0.4, 0.5) is 0 Å². The van der Waals surface area contributed by atoms with Crippen LogP contribution in [0.3, 0.4) is 0 Å². The van der Waals surface area contributed by atoms with Crippen LogP contribution in [-0.4, -0.2) is 18.8 Å². The van der Waals surface area contributed by atoms with Crippen molar-refractivity contribution in [1.29, 1.82) is 0 Å². The highest BCUT2D eigenvalue weighted by Gasteiger charge is 2.06. The minimum atomic E-state index is 0.166. The van der Waals surface area contributed by atoms with Gasteiger partial charge in [0.15, 0.2) is 0 Å². The predicted octanol–water partition coefficient (Wildman–Crippen LogP) is 1.85. The molecule has 0 aromatic heterocycles. The number of methoxy groups -OCH3 is 1. The fraction of sp³-hybridized carbons (Fsp3) is 0.455. The van der Waals surface area contributed by atoms with Gasteiger partial charge in [-0.2, -0.15) is 0 Å². The molecule has 0 aliphatic carbocycles. The average molecular weight is 180 g/mol. The van der Waals surface area contributed by atoms with Gasteiger partial charge in [0.1, 0.15) is 5.75 Å². The molecule has 0 heterocycles. The summed E-state index contributed by atoms with van der Waals surface area (Å²) in [6.07, 6.45) is 0.658. The SMILES string of the molecule is COc1c(C)cc(C)cc1CCO. The molecule has 0 radical (unpaired) electrons. The highest BCUT2D eigenvalue weighted by molar-refractivity contribution is 5.43. The smallest absolute Gasteiger partial charge is 0.125 e. The van der Waals surface area contributed by atoms with Crippen molar-refractivity contribution in [3.63, 3.8) is 0 Å². The predicted molar refractivity (Wildman–Crippen MR) is 53.3 cm³/mol. The van der Waals surface area contributed by atoms with Crippen molar-refractivity contribution in [2.45, 2.75) is 20.3 Å². The Morgan fingerprint density at radius 1 is 1.31 bits per heavy atom. The largest absolute Gasteiger partial charge is 0.496 e.